The predicted molar refractivity (Wildman–Crippen MR) is 39.9 cm³/mol. The number of rotatable bonds is 1. The number of nitrogens with zero attached hydrogens (tertiary/aromatic N) is 1. The van der Waals surface area contributed by atoms with E-state index in [1.54, 1.807) is 6.08 Å². The maximum Gasteiger partial charge on any atom is 0.297 e. The molecule has 5 heteroatoms. The Morgan fingerprint density at radius 1 is 1.73 bits per heavy atom. The smallest absolute Gasteiger partial charge is 0.297 e. The average molecular weight is 155 g/mol. The molecule has 1 aliphatic carbocycles. The van der Waals surface area contributed by atoms with Gasteiger partial charge in [-0.15, -0.1) is 0 Å². The van der Waals surface area contributed by atoms with Gasteiger partial charge in [0.15, 0.2) is 0 Å². The van der Waals surface area contributed by atoms with Crippen molar-refractivity contribution in [3.05, 3.63) is 34.0 Å². The van der Waals surface area contributed by atoms with Crippen LogP contribution >= 0.6 is 0 Å². The molecule has 0 aromatic heterocycles. The molecule has 0 aromatic carbocycles. The van der Waals surface area contributed by atoms with Crippen LogP contribution < -0.4 is 11.5 Å². The minimum atomic E-state index is -1.50. The second-order valence-corrected chi connectivity index (χ2v) is 2.53. The lowest BCUT2D eigenvalue weighted by molar-refractivity contribution is -0.553. The largest absolute Gasteiger partial charge is 0.402 e. The zero-order valence-electron chi connectivity index (χ0n) is 5.86. The lowest BCUT2D eigenvalue weighted by atomic mass is 10.0. The van der Waals surface area contributed by atoms with E-state index >= 15 is 0 Å². The molecule has 1 atom stereocenters. The summed E-state index contributed by atoms with van der Waals surface area (Å²) in [4.78, 5) is 9.83. The van der Waals surface area contributed by atoms with Crippen molar-refractivity contribution in [1.29, 1.82) is 0 Å². The lowest BCUT2D eigenvalue weighted by Gasteiger charge is -2.18. The van der Waals surface area contributed by atoms with Gasteiger partial charge in [0.2, 0.25) is 0 Å². The Kier molecular flexibility index (Phi) is 1.66. The van der Waals surface area contributed by atoms with Gasteiger partial charge in [0, 0.05) is 16.7 Å². The summed E-state index contributed by atoms with van der Waals surface area (Å²) in [5, 5.41) is 10.4. The van der Waals surface area contributed by atoms with E-state index < -0.39 is 10.6 Å². The maximum absolute atomic E-state index is 10.4. The summed E-state index contributed by atoms with van der Waals surface area (Å²) in [5.74, 6) is 0. The molecule has 1 rings (SSSR count). The van der Waals surface area contributed by atoms with Crippen LogP contribution in [0.1, 0.15) is 6.42 Å². The van der Waals surface area contributed by atoms with E-state index in [9.17, 15) is 10.1 Å². The molecule has 0 spiro atoms. The number of hydrogen-bond donors (Lipinski definition) is 2. The molecule has 0 saturated heterocycles. The molecule has 5 nitrogen and oxygen atoms in total. The third-order valence-corrected chi connectivity index (χ3v) is 1.52. The SMILES string of the molecule is NC1=CC=CC(N)([N+](=O)[O-])C1. The lowest BCUT2D eigenvalue weighted by Crippen LogP contribution is -2.47. The van der Waals surface area contributed by atoms with Gasteiger partial charge >= 0.3 is 0 Å². The average Bonchev–Trinajstić information content (AvgIpc) is 1.86. The molecule has 11 heavy (non-hydrogen) atoms. The van der Waals surface area contributed by atoms with Crippen molar-refractivity contribution in [2.24, 2.45) is 11.5 Å². The maximum atomic E-state index is 10.4. The number of nitro groups is 1. The van der Waals surface area contributed by atoms with E-state index in [-0.39, 0.29) is 6.42 Å². The standard InChI is InChI=1S/C6H9N3O2/c7-5-2-1-3-6(8,4-5)9(10)11/h1-3H,4,7-8H2. The summed E-state index contributed by atoms with van der Waals surface area (Å²) >= 11 is 0. The van der Waals surface area contributed by atoms with E-state index in [1.807, 2.05) is 0 Å². The molecular formula is C6H9N3O2. The number of allylic oxidation sites excluding steroid dienone is 2. The Balaban J connectivity index is 2.86. The van der Waals surface area contributed by atoms with Crippen molar-refractivity contribution in [1.82, 2.24) is 0 Å². The van der Waals surface area contributed by atoms with Gasteiger partial charge in [-0.25, -0.2) is 0 Å². The van der Waals surface area contributed by atoms with Gasteiger partial charge in [0.1, 0.15) is 0 Å². The molecular weight excluding hydrogens is 146 g/mol. The highest BCUT2D eigenvalue weighted by Gasteiger charge is 2.36. The summed E-state index contributed by atoms with van der Waals surface area (Å²) in [5.41, 5.74) is 9.69. The third kappa shape index (κ3) is 1.38. The molecule has 0 amide bonds. The fourth-order valence-corrected chi connectivity index (χ4v) is 0.909. The summed E-state index contributed by atoms with van der Waals surface area (Å²) in [7, 11) is 0. The molecule has 4 N–H and O–H groups in total. The Hall–Kier alpha value is -1.36. The van der Waals surface area contributed by atoms with Gasteiger partial charge in [-0.1, -0.05) is 6.08 Å². The Morgan fingerprint density at radius 2 is 2.36 bits per heavy atom. The summed E-state index contributed by atoms with van der Waals surface area (Å²) in [6.07, 6.45) is 4.52. The van der Waals surface area contributed by atoms with Crippen LogP contribution in [0.4, 0.5) is 0 Å². The minimum Gasteiger partial charge on any atom is -0.402 e. The quantitative estimate of drug-likeness (QED) is 0.309. The first-order valence-corrected chi connectivity index (χ1v) is 3.12. The topological polar surface area (TPSA) is 95.2 Å². The van der Waals surface area contributed by atoms with Crippen LogP contribution in [-0.4, -0.2) is 10.6 Å². The van der Waals surface area contributed by atoms with E-state index in [4.69, 9.17) is 11.5 Å². The van der Waals surface area contributed by atoms with Gasteiger partial charge in [0.05, 0.1) is 6.42 Å². The normalized spacial score (nSPS) is 29.7. The van der Waals surface area contributed by atoms with Crippen molar-refractivity contribution in [2.75, 3.05) is 0 Å². The first-order valence-electron chi connectivity index (χ1n) is 3.12. The molecule has 0 radical (unpaired) electrons. The highest BCUT2D eigenvalue weighted by Crippen LogP contribution is 2.17. The van der Waals surface area contributed by atoms with Crippen molar-refractivity contribution in [3.8, 4) is 0 Å². The van der Waals surface area contributed by atoms with Gasteiger partial charge in [-0.2, -0.15) is 0 Å². The number of nitrogens with two attached hydrogens (primary N) is 2. The highest BCUT2D eigenvalue weighted by molar-refractivity contribution is 5.21. The van der Waals surface area contributed by atoms with Gasteiger partial charge in [-0.3, -0.25) is 15.8 Å². The van der Waals surface area contributed by atoms with Crippen LogP contribution in [-0.2, 0) is 0 Å². The fraction of sp³-hybridized carbons (Fsp3) is 0.333. The summed E-state index contributed by atoms with van der Waals surface area (Å²) < 4.78 is 0. The Bertz CT molecular complexity index is 246. The van der Waals surface area contributed by atoms with Gasteiger partial charge in [0.25, 0.3) is 5.66 Å². The summed E-state index contributed by atoms with van der Waals surface area (Å²) in [6, 6.07) is 0. The molecule has 60 valence electrons. The molecule has 0 aliphatic heterocycles. The van der Waals surface area contributed by atoms with E-state index in [0.29, 0.717) is 5.70 Å². The monoisotopic (exact) mass is 155 g/mol. The van der Waals surface area contributed by atoms with E-state index in [1.165, 1.54) is 12.2 Å². The van der Waals surface area contributed by atoms with Crippen LogP contribution in [0.3, 0.4) is 0 Å². The predicted octanol–water partition coefficient (Wildman–Crippen LogP) is -0.279. The van der Waals surface area contributed by atoms with Crippen LogP contribution in [0.5, 0.6) is 0 Å². The van der Waals surface area contributed by atoms with E-state index in [0.717, 1.165) is 0 Å². The Labute approximate surface area is 63.5 Å². The highest BCUT2D eigenvalue weighted by atomic mass is 16.6. The van der Waals surface area contributed by atoms with Crippen molar-refractivity contribution >= 4 is 0 Å². The summed E-state index contributed by atoms with van der Waals surface area (Å²) in [6.45, 7) is 0. The van der Waals surface area contributed by atoms with Crippen molar-refractivity contribution in [2.45, 2.75) is 12.1 Å². The molecule has 1 aliphatic rings. The molecule has 0 heterocycles. The van der Waals surface area contributed by atoms with Crippen LogP contribution in [0, 0.1) is 10.1 Å². The van der Waals surface area contributed by atoms with Crippen molar-refractivity contribution < 1.29 is 4.92 Å². The molecule has 0 aromatic rings. The molecule has 0 saturated carbocycles. The third-order valence-electron chi connectivity index (χ3n) is 1.52. The van der Waals surface area contributed by atoms with Crippen LogP contribution in [0.2, 0.25) is 0 Å². The van der Waals surface area contributed by atoms with Gasteiger partial charge in [-0.05, 0) is 6.08 Å². The zero-order chi connectivity index (χ0) is 8.48. The second kappa shape index (κ2) is 2.35. The molecule has 0 fully saturated rings. The first kappa shape index (κ1) is 7.74. The Morgan fingerprint density at radius 3 is 2.73 bits per heavy atom. The molecule has 0 bridgehead atoms. The van der Waals surface area contributed by atoms with Crippen molar-refractivity contribution in [3.63, 3.8) is 0 Å². The fourth-order valence-electron chi connectivity index (χ4n) is 0.909. The number of hydrogen-bond acceptors (Lipinski definition) is 4. The minimum absolute atomic E-state index is 0.0799. The zero-order valence-corrected chi connectivity index (χ0v) is 5.86. The van der Waals surface area contributed by atoms with Crippen LogP contribution in [0.25, 0.3) is 0 Å². The van der Waals surface area contributed by atoms with Crippen LogP contribution in [0.15, 0.2) is 23.9 Å². The van der Waals surface area contributed by atoms with E-state index in [2.05, 4.69) is 0 Å². The molecule has 1 unspecified atom stereocenters. The second-order valence-electron chi connectivity index (χ2n) is 2.53. The first-order chi connectivity index (χ1) is 5.04. The van der Waals surface area contributed by atoms with Gasteiger partial charge < -0.3 is 5.73 Å².